The first kappa shape index (κ1) is 22.4. The summed E-state index contributed by atoms with van der Waals surface area (Å²) in [6.07, 6.45) is 18.5. The zero-order valence-corrected chi connectivity index (χ0v) is 20.1. The molecule has 3 aliphatic rings. The second-order valence-electron chi connectivity index (χ2n) is 9.37. The Morgan fingerprint density at radius 1 is 1.24 bits per heavy atom. The van der Waals surface area contributed by atoms with E-state index in [1.54, 1.807) is 6.07 Å². The van der Waals surface area contributed by atoms with E-state index in [9.17, 15) is 4.39 Å². The Labute approximate surface area is 200 Å². The van der Waals surface area contributed by atoms with Gasteiger partial charge in [0.25, 0.3) is 0 Å². The van der Waals surface area contributed by atoms with Gasteiger partial charge in [-0.05, 0) is 80.5 Å². The molecule has 0 saturated carbocycles. The minimum Gasteiger partial charge on any atom is -0.381 e. The molecule has 1 aromatic carbocycles. The van der Waals surface area contributed by atoms with E-state index in [1.165, 1.54) is 17.2 Å². The number of nitrogens with zero attached hydrogens (tertiary/aromatic N) is 4. The van der Waals surface area contributed by atoms with Gasteiger partial charge in [0.05, 0.1) is 18.6 Å². The lowest BCUT2D eigenvalue weighted by atomic mass is 9.85. The Hall–Kier alpha value is -3.41. The summed E-state index contributed by atoms with van der Waals surface area (Å²) < 4.78 is 15.8. The van der Waals surface area contributed by atoms with Crippen LogP contribution in [0.25, 0.3) is 5.70 Å². The van der Waals surface area contributed by atoms with Crippen molar-refractivity contribution >= 4 is 11.5 Å². The highest BCUT2D eigenvalue weighted by Crippen LogP contribution is 2.38. The van der Waals surface area contributed by atoms with Crippen molar-refractivity contribution in [2.45, 2.75) is 52.1 Å². The Bertz CT molecular complexity index is 1250. The fraction of sp³-hybridized carbons (Fsp3) is 0.357. The van der Waals surface area contributed by atoms with Crippen molar-refractivity contribution < 1.29 is 9.23 Å². The van der Waals surface area contributed by atoms with Crippen LogP contribution in [0.2, 0.25) is 0 Å². The lowest BCUT2D eigenvalue weighted by Gasteiger charge is -2.44. The number of oxime groups is 1. The number of hydrogen-bond acceptors (Lipinski definition) is 4. The van der Waals surface area contributed by atoms with Gasteiger partial charge in [-0.3, -0.25) is 0 Å². The largest absolute Gasteiger partial charge is 0.381 e. The quantitative estimate of drug-likeness (QED) is 0.561. The number of piperidine rings is 1. The number of allylic oxidation sites excluding steroid dienone is 7. The molecule has 1 saturated heterocycles. The first-order valence-corrected chi connectivity index (χ1v) is 12.0. The topological polar surface area (TPSA) is 42.7 Å². The van der Waals surface area contributed by atoms with Gasteiger partial charge in [0.1, 0.15) is 5.82 Å². The summed E-state index contributed by atoms with van der Waals surface area (Å²) in [6, 6.07) is 4.95. The predicted octanol–water partition coefficient (Wildman–Crippen LogP) is 6.04. The second-order valence-corrected chi connectivity index (χ2v) is 9.37. The van der Waals surface area contributed by atoms with Gasteiger partial charge >= 0.3 is 0 Å². The van der Waals surface area contributed by atoms with Gasteiger partial charge in [-0.15, -0.1) is 0 Å². The van der Waals surface area contributed by atoms with E-state index in [-0.39, 0.29) is 5.82 Å². The summed E-state index contributed by atoms with van der Waals surface area (Å²) in [7, 11) is 0. The third-order valence-electron chi connectivity index (χ3n) is 6.94. The first-order valence-electron chi connectivity index (χ1n) is 12.0. The molecule has 1 aromatic heterocycles. The number of hydrogen-bond donors (Lipinski definition) is 0. The number of imidazole rings is 1. The maximum absolute atomic E-state index is 13.7. The number of benzene rings is 1. The minimum atomic E-state index is -0.561. The highest BCUT2D eigenvalue weighted by atomic mass is 19.1. The lowest BCUT2D eigenvalue weighted by molar-refractivity contribution is -0.0827. The molecule has 0 amide bonds. The van der Waals surface area contributed by atoms with Crippen LogP contribution in [-0.4, -0.2) is 33.4 Å². The number of aryl methyl sites for hydroxylation is 2. The van der Waals surface area contributed by atoms with Crippen molar-refractivity contribution in [2.24, 2.45) is 5.16 Å². The molecule has 34 heavy (non-hydrogen) atoms. The first-order chi connectivity index (χ1) is 16.5. The lowest BCUT2D eigenvalue weighted by Crippen LogP contribution is -2.51. The van der Waals surface area contributed by atoms with Crippen LogP contribution < -0.4 is 0 Å². The molecule has 1 aliphatic carbocycles. The van der Waals surface area contributed by atoms with Crippen molar-refractivity contribution in [2.75, 3.05) is 13.1 Å². The zero-order valence-electron chi connectivity index (χ0n) is 20.1. The second kappa shape index (κ2) is 9.09. The van der Waals surface area contributed by atoms with Crippen LogP contribution >= 0.6 is 0 Å². The Balaban J connectivity index is 1.43. The van der Waals surface area contributed by atoms with Gasteiger partial charge in [-0.1, -0.05) is 36.4 Å². The van der Waals surface area contributed by atoms with Gasteiger partial charge in [-0.2, -0.15) is 0 Å². The number of fused-ring (bicyclic) bond motifs is 1. The molecule has 0 bridgehead atoms. The molecule has 6 heteroatoms. The van der Waals surface area contributed by atoms with Gasteiger partial charge in [-0.25, -0.2) is 9.37 Å². The highest BCUT2D eigenvalue weighted by molar-refractivity contribution is 5.99. The molecule has 176 valence electrons. The third kappa shape index (κ3) is 4.25. The SMILES string of the molecule is CCC1(c2ccc(F)cc2C)CN2CCC/C(=C\C3=CC=C(n4cnc(C)c4)C=CC3)C2=NO1. The average molecular weight is 459 g/mol. The molecule has 2 aliphatic heterocycles. The molecule has 5 rings (SSSR count). The molecule has 0 radical (unpaired) electrons. The van der Waals surface area contributed by atoms with E-state index in [1.807, 2.05) is 37.0 Å². The summed E-state index contributed by atoms with van der Waals surface area (Å²) in [5.41, 5.74) is 5.90. The number of halogens is 1. The maximum Gasteiger partial charge on any atom is 0.180 e. The molecular formula is C28H31FN4O. The summed E-state index contributed by atoms with van der Waals surface area (Å²) in [6.45, 7) is 7.71. The van der Waals surface area contributed by atoms with E-state index >= 15 is 0 Å². The molecule has 1 unspecified atom stereocenters. The smallest absolute Gasteiger partial charge is 0.180 e. The molecule has 1 atom stereocenters. The summed E-state index contributed by atoms with van der Waals surface area (Å²) >= 11 is 0. The van der Waals surface area contributed by atoms with Gasteiger partial charge < -0.3 is 14.3 Å². The fourth-order valence-electron chi connectivity index (χ4n) is 5.09. The third-order valence-corrected chi connectivity index (χ3v) is 6.94. The Morgan fingerprint density at radius 3 is 2.88 bits per heavy atom. The number of rotatable bonds is 4. The van der Waals surface area contributed by atoms with E-state index in [4.69, 9.17) is 4.84 Å². The summed E-state index contributed by atoms with van der Waals surface area (Å²) in [4.78, 5) is 12.9. The molecule has 3 heterocycles. The van der Waals surface area contributed by atoms with Crippen molar-refractivity contribution in [3.05, 3.63) is 94.9 Å². The Morgan fingerprint density at radius 2 is 2.12 bits per heavy atom. The van der Waals surface area contributed by atoms with Gasteiger partial charge in [0.15, 0.2) is 11.4 Å². The highest BCUT2D eigenvalue weighted by Gasteiger charge is 2.42. The summed E-state index contributed by atoms with van der Waals surface area (Å²) in [5, 5.41) is 4.66. The van der Waals surface area contributed by atoms with Crippen LogP contribution in [0.3, 0.4) is 0 Å². The van der Waals surface area contributed by atoms with Crippen LogP contribution in [0.1, 0.15) is 49.4 Å². The van der Waals surface area contributed by atoms with Crippen LogP contribution in [0.5, 0.6) is 0 Å². The van der Waals surface area contributed by atoms with Crippen molar-refractivity contribution in [1.29, 1.82) is 0 Å². The Kier molecular flexibility index (Phi) is 5.98. The van der Waals surface area contributed by atoms with E-state index < -0.39 is 5.60 Å². The monoisotopic (exact) mass is 458 g/mol. The molecule has 0 spiro atoms. The van der Waals surface area contributed by atoms with E-state index in [0.29, 0.717) is 0 Å². The number of amidine groups is 1. The van der Waals surface area contributed by atoms with E-state index in [0.717, 1.165) is 67.1 Å². The molecule has 5 nitrogen and oxygen atoms in total. The van der Waals surface area contributed by atoms with Gasteiger partial charge in [0.2, 0.25) is 0 Å². The molecule has 0 N–H and O–H groups in total. The molecule has 2 aromatic rings. The number of aromatic nitrogens is 2. The van der Waals surface area contributed by atoms with Crippen LogP contribution in [0.15, 0.2) is 77.4 Å². The van der Waals surface area contributed by atoms with Crippen LogP contribution in [-0.2, 0) is 10.4 Å². The van der Waals surface area contributed by atoms with Crippen LogP contribution in [0.4, 0.5) is 4.39 Å². The van der Waals surface area contributed by atoms with Crippen molar-refractivity contribution in [3.63, 3.8) is 0 Å². The van der Waals surface area contributed by atoms with E-state index in [2.05, 4.69) is 52.3 Å². The fourth-order valence-corrected chi connectivity index (χ4v) is 5.09. The average Bonchev–Trinajstić information content (AvgIpc) is 3.13. The standard InChI is InChI=1S/C28H31FN4O/c1-4-28(26-13-11-24(29)15-20(26)2)18-32-14-6-8-23(27(32)31-34-28)16-22-7-5-9-25(12-10-22)33-17-21(3)30-19-33/h5,9-13,15-17,19H,4,6-8,14,18H2,1-3H3/b23-16+. The van der Waals surface area contributed by atoms with Gasteiger partial charge in [0, 0.05) is 24.0 Å². The molecular weight excluding hydrogens is 427 g/mol. The maximum atomic E-state index is 13.7. The zero-order chi connectivity index (χ0) is 23.7. The van der Waals surface area contributed by atoms with Crippen molar-refractivity contribution in [1.82, 2.24) is 14.5 Å². The normalized spacial score (nSPS) is 23.6. The summed E-state index contributed by atoms with van der Waals surface area (Å²) in [5.74, 6) is 0.709. The van der Waals surface area contributed by atoms with Crippen molar-refractivity contribution in [3.8, 4) is 0 Å². The predicted molar refractivity (Wildman–Crippen MR) is 134 cm³/mol. The molecule has 1 fully saturated rings. The minimum absolute atomic E-state index is 0.221. The van der Waals surface area contributed by atoms with Crippen LogP contribution in [0, 0.1) is 19.7 Å².